The van der Waals surface area contributed by atoms with E-state index in [1.54, 1.807) is 72.8 Å². The van der Waals surface area contributed by atoms with E-state index in [1.165, 1.54) is 4.31 Å². The Hall–Kier alpha value is -3.09. The number of hydrogen-bond acceptors (Lipinski definition) is 4. The molecule has 5 nitrogen and oxygen atoms in total. The fourth-order valence-corrected chi connectivity index (χ4v) is 5.69. The van der Waals surface area contributed by atoms with Gasteiger partial charge in [-0.2, -0.15) is 4.31 Å². The van der Waals surface area contributed by atoms with Crippen molar-refractivity contribution in [1.29, 1.82) is 0 Å². The van der Waals surface area contributed by atoms with Gasteiger partial charge in [0, 0.05) is 36.1 Å². The maximum absolute atomic E-state index is 13.4. The third kappa shape index (κ3) is 4.42. The maximum Gasteiger partial charge on any atom is 0.243 e. The molecule has 3 aromatic rings. The number of piperidine rings is 1. The number of carbonyl (C=O) groups is 2. The number of Topliss-reactive ketones (excluding diaryl/α,β-unsaturated/α-hetero) is 2. The lowest BCUT2D eigenvalue weighted by atomic mass is 9.77. The summed E-state index contributed by atoms with van der Waals surface area (Å²) in [5, 5.41) is 0. The Morgan fingerprint density at radius 2 is 1.25 bits per heavy atom. The molecule has 0 amide bonds. The lowest BCUT2D eigenvalue weighted by molar-refractivity contribution is 0.0676. The molecule has 0 aromatic heterocycles. The third-order valence-corrected chi connectivity index (χ3v) is 7.90. The minimum absolute atomic E-state index is 0.0207. The summed E-state index contributed by atoms with van der Waals surface area (Å²) in [4.78, 5) is 26.9. The number of carbonyl (C=O) groups excluding carboxylic acids is 2. The van der Waals surface area contributed by atoms with Gasteiger partial charge in [-0.15, -0.1) is 0 Å². The normalized spacial score (nSPS) is 19.4. The monoisotopic (exact) mass is 447 g/mol. The molecule has 4 rings (SSSR count). The van der Waals surface area contributed by atoms with Gasteiger partial charge in [-0.25, -0.2) is 8.42 Å². The van der Waals surface area contributed by atoms with Crippen molar-refractivity contribution in [3.63, 3.8) is 0 Å². The summed E-state index contributed by atoms with van der Waals surface area (Å²) < 4.78 is 27.9. The van der Waals surface area contributed by atoms with Gasteiger partial charge in [0.1, 0.15) is 0 Å². The van der Waals surface area contributed by atoms with Crippen LogP contribution in [0.4, 0.5) is 0 Å². The zero-order valence-electron chi connectivity index (χ0n) is 17.8. The Kier molecular flexibility index (Phi) is 6.35. The zero-order chi connectivity index (χ0) is 22.7. The van der Waals surface area contributed by atoms with Crippen LogP contribution in [0.1, 0.15) is 32.7 Å². The van der Waals surface area contributed by atoms with Crippen LogP contribution >= 0.6 is 0 Å². The van der Waals surface area contributed by atoms with Crippen LogP contribution in [0, 0.1) is 18.8 Å². The molecule has 6 heteroatoms. The van der Waals surface area contributed by atoms with Gasteiger partial charge in [0.2, 0.25) is 10.0 Å². The standard InChI is InChI=1S/C26H25NO4S/c1-19-12-14-22(15-13-19)32(30,31)27-17-16-23(25(28)20-8-4-2-5-9-20)24(18-27)26(29)21-10-6-3-7-11-21/h2-15,23-24H,16-18H2,1H3/t23-,24-/m0/s1. The molecular weight excluding hydrogens is 422 g/mol. The van der Waals surface area contributed by atoms with Crippen molar-refractivity contribution in [2.75, 3.05) is 13.1 Å². The van der Waals surface area contributed by atoms with Crippen molar-refractivity contribution < 1.29 is 18.0 Å². The molecular formula is C26H25NO4S. The molecule has 1 fully saturated rings. The Morgan fingerprint density at radius 1 is 0.750 bits per heavy atom. The van der Waals surface area contributed by atoms with E-state index in [2.05, 4.69) is 0 Å². The van der Waals surface area contributed by atoms with Gasteiger partial charge in [-0.3, -0.25) is 9.59 Å². The largest absolute Gasteiger partial charge is 0.294 e. The van der Waals surface area contributed by atoms with E-state index in [4.69, 9.17) is 0 Å². The van der Waals surface area contributed by atoms with Crippen LogP contribution in [0.25, 0.3) is 0 Å². The predicted octanol–water partition coefficient (Wildman–Crippen LogP) is 4.39. The van der Waals surface area contributed by atoms with E-state index in [-0.39, 0.29) is 29.6 Å². The average molecular weight is 448 g/mol. The van der Waals surface area contributed by atoms with Gasteiger partial charge >= 0.3 is 0 Å². The van der Waals surface area contributed by atoms with E-state index in [9.17, 15) is 18.0 Å². The Bertz CT molecular complexity index is 1210. The van der Waals surface area contributed by atoms with Crippen molar-refractivity contribution >= 4 is 21.6 Å². The number of benzene rings is 3. The number of aryl methyl sites for hydroxylation is 1. The summed E-state index contributed by atoms with van der Waals surface area (Å²) in [5.74, 6) is -1.65. The molecule has 0 bridgehead atoms. The number of hydrogen-bond donors (Lipinski definition) is 0. The molecule has 32 heavy (non-hydrogen) atoms. The van der Waals surface area contributed by atoms with Crippen LogP contribution < -0.4 is 0 Å². The van der Waals surface area contributed by atoms with Gasteiger partial charge in [0.15, 0.2) is 11.6 Å². The molecule has 1 saturated heterocycles. The van der Waals surface area contributed by atoms with E-state index in [0.29, 0.717) is 17.5 Å². The summed E-state index contributed by atoms with van der Waals surface area (Å²) in [5.41, 5.74) is 1.99. The highest BCUT2D eigenvalue weighted by Gasteiger charge is 2.42. The fraction of sp³-hybridized carbons (Fsp3) is 0.231. The van der Waals surface area contributed by atoms with Crippen LogP contribution in [0.15, 0.2) is 89.8 Å². The first-order valence-electron chi connectivity index (χ1n) is 10.6. The highest BCUT2D eigenvalue weighted by atomic mass is 32.2. The van der Waals surface area contributed by atoms with Crippen LogP contribution in [-0.4, -0.2) is 37.4 Å². The number of nitrogens with zero attached hydrogens (tertiary/aromatic N) is 1. The van der Waals surface area contributed by atoms with Gasteiger partial charge in [-0.05, 0) is 25.5 Å². The molecule has 0 radical (unpaired) electrons. The smallest absolute Gasteiger partial charge is 0.243 e. The minimum Gasteiger partial charge on any atom is -0.294 e. The Balaban J connectivity index is 1.67. The Morgan fingerprint density at radius 3 is 1.78 bits per heavy atom. The van der Waals surface area contributed by atoms with Crippen molar-refractivity contribution in [3.05, 3.63) is 102 Å². The van der Waals surface area contributed by atoms with Crippen LogP contribution in [0.5, 0.6) is 0 Å². The second-order valence-electron chi connectivity index (χ2n) is 8.14. The minimum atomic E-state index is -3.77. The van der Waals surface area contributed by atoms with Crippen LogP contribution in [0.3, 0.4) is 0 Å². The Labute approximate surface area is 188 Å². The SMILES string of the molecule is Cc1ccc(S(=O)(=O)N2CC[C@H](C(=O)c3ccccc3)[C@@H](C(=O)c3ccccc3)C2)cc1. The van der Waals surface area contributed by atoms with Gasteiger partial charge in [0.05, 0.1) is 4.90 Å². The number of ketones is 2. The van der Waals surface area contributed by atoms with Crippen molar-refractivity contribution in [2.24, 2.45) is 11.8 Å². The maximum atomic E-state index is 13.4. The zero-order valence-corrected chi connectivity index (χ0v) is 18.7. The highest BCUT2D eigenvalue weighted by Crippen LogP contribution is 2.33. The molecule has 0 saturated carbocycles. The second kappa shape index (κ2) is 9.18. The second-order valence-corrected chi connectivity index (χ2v) is 10.1. The summed E-state index contributed by atoms with van der Waals surface area (Å²) in [6, 6.07) is 24.3. The first-order valence-corrected chi connectivity index (χ1v) is 12.1. The van der Waals surface area contributed by atoms with Gasteiger partial charge < -0.3 is 0 Å². The molecule has 2 atom stereocenters. The molecule has 1 aliphatic rings. The quantitative estimate of drug-likeness (QED) is 0.526. The molecule has 0 unspecified atom stereocenters. The number of rotatable bonds is 6. The molecule has 1 aliphatic heterocycles. The summed E-state index contributed by atoms with van der Waals surface area (Å²) in [7, 11) is -3.77. The molecule has 0 N–H and O–H groups in total. The first kappa shape index (κ1) is 22.1. The molecule has 0 aliphatic carbocycles. The highest BCUT2D eigenvalue weighted by molar-refractivity contribution is 7.89. The average Bonchev–Trinajstić information content (AvgIpc) is 2.84. The predicted molar refractivity (Wildman–Crippen MR) is 123 cm³/mol. The van der Waals surface area contributed by atoms with Crippen molar-refractivity contribution in [3.8, 4) is 0 Å². The topological polar surface area (TPSA) is 71.5 Å². The van der Waals surface area contributed by atoms with Gasteiger partial charge in [0.25, 0.3) is 0 Å². The van der Waals surface area contributed by atoms with E-state index < -0.39 is 21.9 Å². The third-order valence-electron chi connectivity index (χ3n) is 6.02. The first-order chi connectivity index (χ1) is 15.4. The van der Waals surface area contributed by atoms with Crippen molar-refractivity contribution in [2.45, 2.75) is 18.2 Å². The van der Waals surface area contributed by atoms with Crippen LogP contribution in [-0.2, 0) is 10.0 Å². The van der Waals surface area contributed by atoms with E-state index in [0.717, 1.165) is 5.56 Å². The lowest BCUT2D eigenvalue weighted by Gasteiger charge is -2.36. The molecule has 164 valence electrons. The van der Waals surface area contributed by atoms with E-state index in [1.807, 2.05) is 19.1 Å². The summed E-state index contributed by atoms with van der Waals surface area (Å²) >= 11 is 0. The lowest BCUT2D eigenvalue weighted by Crippen LogP contribution is -2.48. The summed E-state index contributed by atoms with van der Waals surface area (Å²) in [6.45, 7) is 2.07. The molecule has 0 spiro atoms. The fourth-order valence-electron chi connectivity index (χ4n) is 4.21. The summed E-state index contributed by atoms with van der Waals surface area (Å²) in [6.07, 6.45) is 0.294. The van der Waals surface area contributed by atoms with E-state index >= 15 is 0 Å². The molecule has 1 heterocycles. The number of sulfonamides is 1. The molecule has 3 aromatic carbocycles. The van der Waals surface area contributed by atoms with Crippen LogP contribution in [0.2, 0.25) is 0 Å². The van der Waals surface area contributed by atoms with Crippen molar-refractivity contribution in [1.82, 2.24) is 4.31 Å². The van der Waals surface area contributed by atoms with Gasteiger partial charge in [-0.1, -0.05) is 78.4 Å².